The summed E-state index contributed by atoms with van der Waals surface area (Å²) in [5.41, 5.74) is 0. The van der Waals surface area contributed by atoms with Gasteiger partial charge in [0.25, 0.3) is 5.91 Å². The number of rotatable bonds is 6. The summed E-state index contributed by atoms with van der Waals surface area (Å²) in [5, 5.41) is 8.59. The average Bonchev–Trinajstić information content (AvgIpc) is 2.25. The van der Waals surface area contributed by atoms with E-state index in [4.69, 9.17) is 9.84 Å². The van der Waals surface area contributed by atoms with Gasteiger partial charge in [-0.15, -0.1) is 0 Å². The van der Waals surface area contributed by atoms with Crippen molar-refractivity contribution < 1.29 is 19.4 Å². The monoisotopic (exact) mass is 243 g/mol. The Bertz CT molecular complexity index is 278. The standard InChI is InChI=1S/C12H21NO4/c1-9(2)5-6-13-7-8-17-10(12(13)16)3-4-11(14)15/h9-10H,3-8H2,1-2H3,(H,14,15). The van der Waals surface area contributed by atoms with Crippen molar-refractivity contribution in [3.63, 3.8) is 0 Å². The lowest BCUT2D eigenvalue weighted by molar-refractivity contribution is -0.154. The van der Waals surface area contributed by atoms with Gasteiger partial charge in [-0.25, -0.2) is 0 Å². The third kappa shape index (κ3) is 4.73. The smallest absolute Gasteiger partial charge is 0.303 e. The SMILES string of the molecule is CC(C)CCN1CCOC(CCC(=O)O)C1=O. The fourth-order valence-electron chi connectivity index (χ4n) is 1.79. The van der Waals surface area contributed by atoms with Crippen molar-refractivity contribution in [2.24, 2.45) is 5.92 Å². The van der Waals surface area contributed by atoms with Gasteiger partial charge in [-0.2, -0.15) is 0 Å². The molecule has 0 bridgehead atoms. The molecule has 17 heavy (non-hydrogen) atoms. The second kappa shape index (κ2) is 6.59. The molecule has 0 aromatic carbocycles. The molecule has 0 aliphatic carbocycles. The summed E-state index contributed by atoms with van der Waals surface area (Å²) in [6, 6.07) is 0. The number of carbonyl (C=O) groups is 2. The number of ether oxygens (including phenoxy) is 1. The first-order valence-corrected chi connectivity index (χ1v) is 6.13. The van der Waals surface area contributed by atoms with E-state index < -0.39 is 12.1 Å². The third-order valence-corrected chi connectivity index (χ3v) is 2.86. The number of amides is 1. The highest BCUT2D eigenvalue weighted by Crippen LogP contribution is 2.14. The Morgan fingerprint density at radius 2 is 2.29 bits per heavy atom. The van der Waals surface area contributed by atoms with Crippen LogP contribution in [0.25, 0.3) is 0 Å². The van der Waals surface area contributed by atoms with E-state index in [-0.39, 0.29) is 18.7 Å². The van der Waals surface area contributed by atoms with Crippen LogP contribution in [0.1, 0.15) is 33.1 Å². The minimum absolute atomic E-state index is 0.0194. The molecule has 1 heterocycles. The fraction of sp³-hybridized carbons (Fsp3) is 0.833. The zero-order valence-corrected chi connectivity index (χ0v) is 10.5. The lowest BCUT2D eigenvalue weighted by atomic mass is 10.1. The van der Waals surface area contributed by atoms with E-state index in [0.29, 0.717) is 19.1 Å². The normalized spacial score (nSPS) is 21.0. The van der Waals surface area contributed by atoms with E-state index in [1.807, 2.05) is 0 Å². The molecule has 1 saturated heterocycles. The highest BCUT2D eigenvalue weighted by Gasteiger charge is 2.29. The molecule has 1 unspecified atom stereocenters. The Kier molecular flexibility index (Phi) is 5.41. The van der Waals surface area contributed by atoms with Gasteiger partial charge in [0.05, 0.1) is 6.61 Å². The molecular formula is C12H21NO4. The van der Waals surface area contributed by atoms with Crippen LogP contribution in [0.15, 0.2) is 0 Å². The molecule has 1 N–H and O–H groups in total. The van der Waals surface area contributed by atoms with E-state index >= 15 is 0 Å². The molecule has 0 aromatic heterocycles. The topological polar surface area (TPSA) is 66.8 Å². The van der Waals surface area contributed by atoms with Crippen LogP contribution in [0.3, 0.4) is 0 Å². The van der Waals surface area contributed by atoms with Crippen molar-refractivity contribution in [1.29, 1.82) is 0 Å². The molecule has 0 radical (unpaired) electrons. The highest BCUT2D eigenvalue weighted by molar-refractivity contribution is 5.82. The van der Waals surface area contributed by atoms with E-state index in [1.54, 1.807) is 4.90 Å². The van der Waals surface area contributed by atoms with Crippen molar-refractivity contribution in [3.8, 4) is 0 Å². The number of carbonyl (C=O) groups excluding carboxylic acids is 1. The Morgan fingerprint density at radius 1 is 1.59 bits per heavy atom. The van der Waals surface area contributed by atoms with Gasteiger partial charge in [0.1, 0.15) is 6.10 Å². The third-order valence-electron chi connectivity index (χ3n) is 2.86. The van der Waals surface area contributed by atoms with Crippen LogP contribution in [0.5, 0.6) is 0 Å². The van der Waals surface area contributed by atoms with E-state index in [0.717, 1.165) is 13.0 Å². The first kappa shape index (κ1) is 14.0. The second-order valence-electron chi connectivity index (χ2n) is 4.80. The number of carboxylic acids is 1. The van der Waals surface area contributed by atoms with Crippen LogP contribution in [0.2, 0.25) is 0 Å². The molecule has 1 amide bonds. The zero-order valence-electron chi connectivity index (χ0n) is 10.5. The van der Waals surface area contributed by atoms with Crippen molar-refractivity contribution in [2.45, 2.75) is 39.2 Å². The van der Waals surface area contributed by atoms with Crippen LogP contribution >= 0.6 is 0 Å². The van der Waals surface area contributed by atoms with Crippen molar-refractivity contribution in [3.05, 3.63) is 0 Å². The quantitative estimate of drug-likeness (QED) is 0.759. The maximum atomic E-state index is 12.0. The van der Waals surface area contributed by atoms with E-state index in [2.05, 4.69) is 13.8 Å². The Hall–Kier alpha value is -1.10. The largest absolute Gasteiger partial charge is 0.481 e. The fourth-order valence-corrected chi connectivity index (χ4v) is 1.79. The first-order valence-electron chi connectivity index (χ1n) is 6.13. The molecule has 5 heteroatoms. The molecule has 1 rings (SSSR count). The predicted octanol–water partition coefficient (Wildman–Crippen LogP) is 1.12. The zero-order chi connectivity index (χ0) is 12.8. The van der Waals surface area contributed by atoms with Crippen LogP contribution in [0, 0.1) is 5.92 Å². The molecule has 1 aliphatic rings. The Labute approximate surface area is 102 Å². The van der Waals surface area contributed by atoms with Crippen molar-refractivity contribution >= 4 is 11.9 Å². The summed E-state index contributed by atoms with van der Waals surface area (Å²) < 4.78 is 5.32. The summed E-state index contributed by atoms with van der Waals surface area (Å²) in [6.07, 6.45) is 0.657. The summed E-state index contributed by atoms with van der Waals surface area (Å²) in [5.74, 6) is -0.387. The first-order chi connectivity index (χ1) is 8.00. The summed E-state index contributed by atoms with van der Waals surface area (Å²) in [4.78, 5) is 24.2. The summed E-state index contributed by atoms with van der Waals surface area (Å²) in [7, 11) is 0. The number of nitrogens with zero attached hydrogens (tertiary/aromatic N) is 1. The van der Waals surface area contributed by atoms with Gasteiger partial charge >= 0.3 is 5.97 Å². The van der Waals surface area contributed by atoms with Gasteiger partial charge in [-0.3, -0.25) is 9.59 Å². The summed E-state index contributed by atoms with van der Waals surface area (Å²) >= 11 is 0. The molecule has 1 fully saturated rings. The van der Waals surface area contributed by atoms with Crippen LogP contribution in [-0.4, -0.2) is 47.7 Å². The van der Waals surface area contributed by atoms with Gasteiger partial charge in [0, 0.05) is 19.5 Å². The van der Waals surface area contributed by atoms with Crippen molar-refractivity contribution in [1.82, 2.24) is 4.90 Å². The number of morpholine rings is 1. The maximum Gasteiger partial charge on any atom is 0.303 e. The molecular weight excluding hydrogens is 222 g/mol. The Morgan fingerprint density at radius 3 is 2.88 bits per heavy atom. The van der Waals surface area contributed by atoms with E-state index in [9.17, 15) is 9.59 Å². The van der Waals surface area contributed by atoms with Crippen LogP contribution < -0.4 is 0 Å². The average molecular weight is 243 g/mol. The summed E-state index contributed by atoms with van der Waals surface area (Å²) in [6.45, 7) is 6.10. The number of aliphatic carboxylic acids is 1. The lowest BCUT2D eigenvalue weighted by Gasteiger charge is -2.32. The van der Waals surface area contributed by atoms with Gasteiger partial charge in [-0.05, 0) is 18.8 Å². The number of hydrogen-bond acceptors (Lipinski definition) is 3. The molecule has 1 aliphatic heterocycles. The van der Waals surface area contributed by atoms with Gasteiger partial charge in [0.15, 0.2) is 0 Å². The van der Waals surface area contributed by atoms with Crippen LogP contribution in [0.4, 0.5) is 0 Å². The van der Waals surface area contributed by atoms with Crippen molar-refractivity contribution in [2.75, 3.05) is 19.7 Å². The molecule has 0 spiro atoms. The van der Waals surface area contributed by atoms with Gasteiger partial charge in [0.2, 0.25) is 0 Å². The van der Waals surface area contributed by atoms with Gasteiger partial charge < -0.3 is 14.7 Å². The number of carboxylic acid groups (broad SMARTS) is 1. The van der Waals surface area contributed by atoms with Gasteiger partial charge in [-0.1, -0.05) is 13.8 Å². The molecule has 1 atom stereocenters. The second-order valence-corrected chi connectivity index (χ2v) is 4.80. The van der Waals surface area contributed by atoms with E-state index in [1.165, 1.54) is 0 Å². The maximum absolute atomic E-state index is 12.0. The molecule has 0 saturated carbocycles. The Balaban J connectivity index is 2.41. The minimum atomic E-state index is -0.888. The van der Waals surface area contributed by atoms with Crippen LogP contribution in [-0.2, 0) is 14.3 Å². The lowest BCUT2D eigenvalue weighted by Crippen LogP contribution is -2.48. The minimum Gasteiger partial charge on any atom is -0.481 e. The predicted molar refractivity (Wildman–Crippen MR) is 62.6 cm³/mol. The number of hydrogen-bond donors (Lipinski definition) is 1. The molecule has 98 valence electrons. The highest BCUT2D eigenvalue weighted by atomic mass is 16.5. The molecule has 5 nitrogen and oxygen atoms in total. The molecule has 0 aromatic rings.